The minimum atomic E-state index is -0.576. The molecule has 0 unspecified atom stereocenters. The molecule has 0 bridgehead atoms. The third-order valence-corrected chi connectivity index (χ3v) is 2.19. The zero-order chi connectivity index (χ0) is 7.70. The Bertz CT molecular complexity index is 45.5. The van der Waals surface area contributed by atoms with Crippen LogP contribution in [0.5, 0.6) is 0 Å². The van der Waals surface area contributed by atoms with E-state index in [1.165, 1.54) is 0 Å². The Morgan fingerprint density at radius 1 is 1.33 bits per heavy atom. The van der Waals surface area contributed by atoms with Gasteiger partial charge in [-0.1, -0.05) is 13.8 Å². The Balaban J connectivity index is 0. The van der Waals surface area contributed by atoms with Crippen LogP contribution < -0.4 is 0 Å². The summed E-state index contributed by atoms with van der Waals surface area (Å²) in [5, 5.41) is 0. The molecule has 1 nitrogen and oxygen atoms in total. The van der Waals surface area contributed by atoms with Gasteiger partial charge >= 0.3 is 40.7 Å². The summed E-state index contributed by atoms with van der Waals surface area (Å²) in [6, 6.07) is 0. The van der Waals surface area contributed by atoms with Gasteiger partial charge < -0.3 is 4.89 Å². The third kappa shape index (κ3) is 17.8. The van der Waals surface area contributed by atoms with Crippen LogP contribution in [0.4, 0.5) is 0 Å². The molecule has 0 fully saturated rings. The predicted octanol–water partition coefficient (Wildman–Crippen LogP) is 3.10. The van der Waals surface area contributed by atoms with Gasteiger partial charge in [-0.2, -0.15) is 0 Å². The summed E-state index contributed by atoms with van der Waals surface area (Å²) in [5.74, 6) is 0. The summed E-state index contributed by atoms with van der Waals surface area (Å²) in [6.45, 7) is 4.02. The van der Waals surface area contributed by atoms with Crippen molar-refractivity contribution < 1.29 is 18.6 Å². The van der Waals surface area contributed by atoms with Crippen LogP contribution >= 0.6 is 35.1 Å². The van der Waals surface area contributed by atoms with E-state index in [-0.39, 0.29) is 13.7 Å². The predicted molar refractivity (Wildman–Crippen MR) is 48.1 cm³/mol. The van der Waals surface area contributed by atoms with Crippen molar-refractivity contribution in [2.45, 2.75) is 13.8 Å². The summed E-state index contributed by atoms with van der Waals surface area (Å²) in [4.78, 5) is 8.73. The average molecular weight is 458 g/mol. The molecule has 0 aliphatic rings. The van der Waals surface area contributed by atoms with E-state index in [0.717, 1.165) is 12.3 Å². The fourth-order valence-electron chi connectivity index (χ4n) is 0.224. The van der Waals surface area contributed by atoms with Gasteiger partial charge in [0.1, 0.15) is 0 Å². The average Bonchev–Trinajstić information content (AvgIpc) is 1.88. The first-order valence-corrected chi connectivity index (χ1v) is 14.6. The molecule has 0 radical (unpaired) electrons. The first-order valence-electron chi connectivity index (χ1n) is 2.50. The molecule has 0 saturated heterocycles. The van der Waals surface area contributed by atoms with Crippen molar-refractivity contribution in [3.63, 3.8) is 0 Å². The van der Waals surface area contributed by atoms with Crippen LogP contribution in [0.1, 0.15) is 13.8 Å². The summed E-state index contributed by atoms with van der Waals surface area (Å²) < 4.78 is 0. The zero-order valence-corrected chi connectivity index (χ0v) is 11.9. The summed E-state index contributed by atoms with van der Waals surface area (Å²) in [5.41, 5.74) is 0. The second-order valence-electron chi connectivity index (χ2n) is 1.19. The van der Waals surface area contributed by atoms with Gasteiger partial charge in [-0.3, -0.25) is 0 Å². The molecule has 0 rings (SSSR count). The quantitative estimate of drug-likeness (QED) is 0.632. The molecule has 0 atom stereocenters. The monoisotopic (exact) mass is 457 g/mol. The van der Waals surface area contributed by atoms with Crippen LogP contribution in [-0.2, 0) is 13.7 Å². The molecule has 9 heavy (non-hydrogen) atoms. The standard InChI is InChI=1S/C4H11OP.2BrH.Ir/c1-3-6(5)4-2;;;/h5H,3-4H2,1-2H3;2*1H;/q;;;+2/p-2. The van der Waals surface area contributed by atoms with Gasteiger partial charge in [-0.15, -0.1) is 0 Å². The molecule has 0 aromatic rings. The molecule has 0 saturated carbocycles. The van der Waals surface area contributed by atoms with Crippen molar-refractivity contribution in [3.8, 4) is 0 Å². The van der Waals surface area contributed by atoms with Crippen molar-refractivity contribution >= 4 is 35.1 Å². The van der Waals surface area contributed by atoms with Crippen LogP contribution in [0.15, 0.2) is 0 Å². The number of halogens is 2. The first kappa shape index (κ1) is 13.6. The molecule has 61 valence electrons. The third-order valence-electron chi connectivity index (χ3n) is 0.730. The van der Waals surface area contributed by atoms with Crippen molar-refractivity contribution in [1.82, 2.24) is 0 Å². The molecule has 0 aliphatic carbocycles. The fourth-order valence-corrected chi connectivity index (χ4v) is 0.671. The van der Waals surface area contributed by atoms with Crippen LogP contribution in [0.3, 0.4) is 0 Å². The van der Waals surface area contributed by atoms with Crippen molar-refractivity contribution in [1.29, 1.82) is 0 Å². The van der Waals surface area contributed by atoms with E-state index in [0.29, 0.717) is 0 Å². The Hall–Kier alpha value is 2.00. The van der Waals surface area contributed by atoms with Crippen LogP contribution in [0, 0.1) is 0 Å². The fraction of sp³-hybridized carbons (Fsp3) is 1.00. The molecular formula is C4H11Br2IrOP. The molecule has 0 aliphatic heterocycles. The number of rotatable bonds is 2. The topological polar surface area (TPSA) is 20.2 Å². The summed E-state index contributed by atoms with van der Waals surface area (Å²) >= 11 is 6.50. The van der Waals surface area contributed by atoms with Gasteiger partial charge in [0.25, 0.3) is 0 Å². The second-order valence-corrected chi connectivity index (χ2v) is 13.9. The number of hydrogen-bond donors (Lipinski definition) is 1. The Labute approximate surface area is 79.3 Å². The van der Waals surface area contributed by atoms with Gasteiger partial charge in [0, 0.05) is 8.15 Å². The van der Waals surface area contributed by atoms with Crippen LogP contribution in [0.25, 0.3) is 0 Å². The summed E-state index contributed by atoms with van der Waals surface area (Å²) in [6.07, 6.45) is 1.90. The Morgan fingerprint density at radius 2 is 1.56 bits per heavy atom. The van der Waals surface area contributed by atoms with E-state index in [1.807, 2.05) is 13.8 Å². The summed E-state index contributed by atoms with van der Waals surface area (Å²) in [7, 11) is -0.576. The van der Waals surface area contributed by atoms with E-state index < -0.39 is 8.15 Å². The van der Waals surface area contributed by atoms with Gasteiger partial charge in [-0.05, 0) is 12.3 Å². The molecule has 0 aromatic carbocycles. The van der Waals surface area contributed by atoms with Crippen LogP contribution in [0.2, 0.25) is 0 Å². The van der Waals surface area contributed by atoms with E-state index in [9.17, 15) is 0 Å². The molecule has 0 heterocycles. The SMILES string of the molecule is CCP(O)CC.[Br][Ir][Br]. The molecule has 1 N–H and O–H groups in total. The Morgan fingerprint density at radius 3 is 1.56 bits per heavy atom. The maximum absolute atomic E-state index is 8.73. The van der Waals surface area contributed by atoms with Gasteiger partial charge in [0.2, 0.25) is 0 Å². The molecular weight excluding hydrogens is 447 g/mol. The molecule has 0 spiro atoms. The van der Waals surface area contributed by atoms with Crippen LogP contribution in [-0.4, -0.2) is 17.2 Å². The van der Waals surface area contributed by atoms with E-state index >= 15 is 0 Å². The number of hydrogen-bond acceptors (Lipinski definition) is 1. The molecule has 0 aromatic heterocycles. The van der Waals surface area contributed by atoms with E-state index in [2.05, 4.69) is 27.0 Å². The van der Waals surface area contributed by atoms with E-state index in [4.69, 9.17) is 4.89 Å². The van der Waals surface area contributed by atoms with Gasteiger partial charge in [0.05, 0.1) is 0 Å². The molecule has 5 heteroatoms. The van der Waals surface area contributed by atoms with Crippen molar-refractivity contribution in [2.24, 2.45) is 0 Å². The Kier molecular flexibility index (Phi) is 19.1. The maximum atomic E-state index is 8.73. The minimum absolute atomic E-state index is 0.125. The molecule has 0 amide bonds. The second kappa shape index (κ2) is 12.7. The van der Waals surface area contributed by atoms with Gasteiger partial charge in [-0.25, -0.2) is 0 Å². The van der Waals surface area contributed by atoms with Crippen molar-refractivity contribution in [2.75, 3.05) is 12.3 Å². The van der Waals surface area contributed by atoms with Crippen molar-refractivity contribution in [3.05, 3.63) is 0 Å². The van der Waals surface area contributed by atoms with E-state index in [1.54, 1.807) is 0 Å². The first-order chi connectivity index (χ1) is 4.22. The zero-order valence-electron chi connectivity index (χ0n) is 5.40. The van der Waals surface area contributed by atoms with Gasteiger partial charge in [0.15, 0.2) is 0 Å². The normalized spacial score (nSPS) is 9.11.